The molecule has 1 aromatic rings. The Morgan fingerprint density at radius 3 is 2.96 bits per heavy atom. The van der Waals surface area contributed by atoms with E-state index in [1.165, 1.54) is 5.56 Å². The first-order valence-corrected chi connectivity index (χ1v) is 8.59. The van der Waals surface area contributed by atoms with Crippen LogP contribution in [0.2, 0.25) is 0 Å². The molecule has 0 saturated carbocycles. The van der Waals surface area contributed by atoms with Crippen LogP contribution in [0.4, 0.5) is 0 Å². The maximum Gasteiger partial charge on any atom is 0.234 e. The zero-order valence-electron chi connectivity index (χ0n) is 14.4. The molecule has 2 aliphatic rings. The third kappa shape index (κ3) is 3.99. The summed E-state index contributed by atoms with van der Waals surface area (Å²) >= 11 is 0. The van der Waals surface area contributed by atoms with E-state index in [0.29, 0.717) is 26.4 Å². The second-order valence-electron chi connectivity index (χ2n) is 6.46. The molecule has 1 aromatic carbocycles. The van der Waals surface area contributed by atoms with Crippen molar-refractivity contribution in [3.63, 3.8) is 0 Å². The summed E-state index contributed by atoms with van der Waals surface area (Å²) in [6, 6.07) is 6.40. The van der Waals surface area contributed by atoms with E-state index < -0.39 is 0 Å². The number of hydrogen-bond acceptors (Lipinski definition) is 5. The fourth-order valence-corrected chi connectivity index (χ4v) is 3.46. The SMILES string of the molecule is COC[C@@H](C)NC(=O)CN1CCC[C@@H]1c1ccc2c(c1)OCCO2. The van der Waals surface area contributed by atoms with Crippen molar-refractivity contribution in [2.24, 2.45) is 0 Å². The Hall–Kier alpha value is -1.79. The molecule has 6 nitrogen and oxygen atoms in total. The summed E-state index contributed by atoms with van der Waals surface area (Å²) in [5, 5.41) is 2.98. The van der Waals surface area contributed by atoms with Crippen molar-refractivity contribution in [2.75, 3.05) is 40.0 Å². The van der Waals surface area contributed by atoms with Gasteiger partial charge in [-0.3, -0.25) is 9.69 Å². The molecule has 0 aromatic heterocycles. The highest BCUT2D eigenvalue weighted by molar-refractivity contribution is 5.78. The van der Waals surface area contributed by atoms with E-state index in [1.54, 1.807) is 7.11 Å². The average Bonchev–Trinajstić information content (AvgIpc) is 3.02. The van der Waals surface area contributed by atoms with Gasteiger partial charge in [0.05, 0.1) is 13.2 Å². The highest BCUT2D eigenvalue weighted by Gasteiger charge is 2.29. The molecule has 3 rings (SSSR count). The Bertz CT molecular complexity index is 578. The summed E-state index contributed by atoms with van der Waals surface area (Å²) < 4.78 is 16.3. The first-order chi connectivity index (χ1) is 11.7. The maximum atomic E-state index is 12.2. The predicted molar refractivity (Wildman–Crippen MR) is 90.5 cm³/mol. The van der Waals surface area contributed by atoms with Gasteiger partial charge in [-0.1, -0.05) is 6.07 Å². The van der Waals surface area contributed by atoms with Gasteiger partial charge in [0.1, 0.15) is 13.2 Å². The van der Waals surface area contributed by atoms with E-state index in [9.17, 15) is 4.79 Å². The Balaban J connectivity index is 1.64. The number of hydrogen-bond donors (Lipinski definition) is 1. The number of nitrogens with zero attached hydrogens (tertiary/aromatic N) is 1. The number of likely N-dealkylation sites (tertiary alicyclic amines) is 1. The molecule has 1 fully saturated rings. The smallest absolute Gasteiger partial charge is 0.234 e. The molecule has 6 heteroatoms. The molecule has 2 heterocycles. The van der Waals surface area contributed by atoms with Crippen LogP contribution in [0.1, 0.15) is 31.4 Å². The highest BCUT2D eigenvalue weighted by Crippen LogP contribution is 2.37. The number of carbonyl (C=O) groups is 1. The summed E-state index contributed by atoms with van der Waals surface area (Å²) in [5.74, 6) is 1.66. The molecule has 132 valence electrons. The lowest BCUT2D eigenvalue weighted by atomic mass is 10.0. The third-order valence-electron chi connectivity index (χ3n) is 4.49. The standard InChI is InChI=1S/C18H26N2O4/c1-13(12-22-2)19-18(21)11-20-7-3-4-15(20)14-5-6-16-17(10-14)24-9-8-23-16/h5-6,10,13,15H,3-4,7-9,11-12H2,1-2H3,(H,19,21)/t13-,15-/m1/s1. The molecule has 1 amide bonds. The largest absolute Gasteiger partial charge is 0.486 e. The van der Waals surface area contributed by atoms with Crippen LogP contribution in [0.3, 0.4) is 0 Å². The molecule has 2 atom stereocenters. The topological polar surface area (TPSA) is 60.0 Å². The Kier molecular flexibility index (Phi) is 5.58. The third-order valence-corrected chi connectivity index (χ3v) is 4.49. The van der Waals surface area contributed by atoms with E-state index in [1.807, 2.05) is 13.0 Å². The number of fused-ring (bicyclic) bond motifs is 1. The van der Waals surface area contributed by atoms with Crippen molar-refractivity contribution in [2.45, 2.75) is 31.8 Å². The van der Waals surface area contributed by atoms with Gasteiger partial charge in [-0.15, -0.1) is 0 Å². The highest BCUT2D eigenvalue weighted by atomic mass is 16.6. The van der Waals surface area contributed by atoms with Gasteiger partial charge in [0.2, 0.25) is 5.91 Å². The number of nitrogens with one attached hydrogen (secondary N) is 1. The molecular weight excluding hydrogens is 308 g/mol. The van der Waals surface area contributed by atoms with Crippen molar-refractivity contribution < 1.29 is 19.0 Å². The lowest BCUT2D eigenvalue weighted by Gasteiger charge is -2.26. The zero-order chi connectivity index (χ0) is 16.9. The van der Waals surface area contributed by atoms with Gasteiger partial charge in [0, 0.05) is 19.2 Å². The van der Waals surface area contributed by atoms with Gasteiger partial charge in [0.25, 0.3) is 0 Å². The van der Waals surface area contributed by atoms with E-state index in [0.717, 1.165) is 30.9 Å². The Morgan fingerprint density at radius 1 is 1.38 bits per heavy atom. The van der Waals surface area contributed by atoms with Crippen molar-refractivity contribution in [3.8, 4) is 11.5 Å². The lowest BCUT2D eigenvalue weighted by Crippen LogP contribution is -2.42. The summed E-state index contributed by atoms with van der Waals surface area (Å²) in [5.41, 5.74) is 1.19. The Morgan fingerprint density at radius 2 is 2.17 bits per heavy atom. The van der Waals surface area contributed by atoms with Crippen molar-refractivity contribution in [3.05, 3.63) is 23.8 Å². The molecule has 24 heavy (non-hydrogen) atoms. The first kappa shape index (κ1) is 17.0. The fourth-order valence-electron chi connectivity index (χ4n) is 3.46. The van der Waals surface area contributed by atoms with Gasteiger partial charge in [-0.2, -0.15) is 0 Å². The van der Waals surface area contributed by atoms with E-state index in [2.05, 4.69) is 22.3 Å². The van der Waals surface area contributed by atoms with Gasteiger partial charge < -0.3 is 19.5 Å². The van der Waals surface area contributed by atoms with Gasteiger partial charge in [-0.05, 0) is 44.0 Å². The quantitative estimate of drug-likeness (QED) is 0.859. The fraction of sp³-hybridized carbons (Fsp3) is 0.611. The normalized spacial score (nSPS) is 21.5. The minimum absolute atomic E-state index is 0.0258. The van der Waals surface area contributed by atoms with Crippen LogP contribution in [0.5, 0.6) is 11.5 Å². The summed E-state index contributed by atoms with van der Waals surface area (Å²) in [7, 11) is 1.64. The number of ether oxygens (including phenoxy) is 3. The molecule has 0 aliphatic carbocycles. The van der Waals surface area contributed by atoms with Crippen LogP contribution in [-0.4, -0.2) is 56.9 Å². The predicted octanol–water partition coefficient (Wildman–Crippen LogP) is 1.75. The van der Waals surface area contributed by atoms with Crippen molar-refractivity contribution in [1.82, 2.24) is 10.2 Å². The molecule has 0 unspecified atom stereocenters. The summed E-state index contributed by atoms with van der Waals surface area (Å²) in [6.45, 7) is 5.01. The summed E-state index contributed by atoms with van der Waals surface area (Å²) in [6.07, 6.45) is 2.15. The number of benzene rings is 1. The molecule has 0 radical (unpaired) electrons. The maximum absolute atomic E-state index is 12.2. The molecule has 2 aliphatic heterocycles. The number of amides is 1. The second-order valence-corrected chi connectivity index (χ2v) is 6.46. The van der Waals surface area contributed by atoms with Crippen LogP contribution in [0.15, 0.2) is 18.2 Å². The lowest BCUT2D eigenvalue weighted by molar-refractivity contribution is -0.123. The van der Waals surface area contributed by atoms with Crippen LogP contribution in [0.25, 0.3) is 0 Å². The van der Waals surface area contributed by atoms with E-state index in [4.69, 9.17) is 14.2 Å². The molecule has 0 bridgehead atoms. The van der Waals surface area contributed by atoms with Crippen LogP contribution in [0, 0.1) is 0 Å². The zero-order valence-corrected chi connectivity index (χ0v) is 14.4. The van der Waals surface area contributed by atoms with E-state index in [-0.39, 0.29) is 18.0 Å². The number of rotatable bonds is 6. The molecular formula is C18H26N2O4. The number of methoxy groups -OCH3 is 1. The summed E-state index contributed by atoms with van der Waals surface area (Å²) in [4.78, 5) is 14.5. The molecule has 0 spiro atoms. The van der Waals surface area contributed by atoms with Crippen LogP contribution in [-0.2, 0) is 9.53 Å². The number of carbonyl (C=O) groups excluding carboxylic acids is 1. The molecule has 1 N–H and O–H groups in total. The van der Waals surface area contributed by atoms with Gasteiger partial charge in [0.15, 0.2) is 11.5 Å². The van der Waals surface area contributed by atoms with Crippen molar-refractivity contribution in [1.29, 1.82) is 0 Å². The minimum Gasteiger partial charge on any atom is -0.486 e. The first-order valence-electron chi connectivity index (χ1n) is 8.59. The minimum atomic E-state index is 0.0258. The molecule has 1 saturated heterocycles. The monoisotopic (exact) mass is 334 g/mol. The van der Waals surface area contributed by atoms with Gasteiger partial charge in [-0.25, -0.2) is 0 Å². The van der Waals surface area contributed by atoms with Gasteiger partial charge >= 0.3 is 0 Å². The second kappa shape index (κ2) is 7.85. The van der Waals surface area contributed by atoms with E-state index >= 15 is 0 Å². The Labute approximate surface area is 143 Å². The van der Waals surface area contributed by atoms with Crippen molar-refractivity contribution >= 4 is 5.91 Å². The van der Waals surface area contributed by atoms with Crippen LogP contribution < -0.4 is 14.8 Å². The average molecular weight is 334 g/mol. The van der Waals surface area contributed by atoms with Crippen LogP contribution >= 0.6 is 0 Å².